The standard InChI is InChI=1S/C22H16N2O5S/c1-28-21(26)17-15-11-14(13-7-4-3-5-8-13)23-12-24(15)19(18(17)22(27)29-2)20(25)16-9-6-10-30-16/h3-12H,1-2H3. The van der Waals surface area contributed by atoms with Gasteiger partial charge in [0.25, 0.3) is 0 Å². The molecule has 0 fully saturated rings. The first-order valence-electron chi connectivity index (χ1n) is 8.91. The lowest BCUT2D eigenvalue weighted by Gasteiger charge is -2.05. The Hall–Kier alpha value is -3.78. The maximum Gasteiger partial charge on any atom is 0.341 e. The summed E-state index contributed by atoms with van der Waals surface area (Å²) in [4.78, 5) is 43.4. The molecule has 150 valence electrons. The van der Waals surface area contributed by atoms with Gasteiger partial charge in [-0.15, -0.1) is 11.3 Å². The lowest BCUT2D eigenvalue weighted by atomic mass is 10.1. The molecule has 0 unspecified atom stereocenters. The van der Waals surface area contributed by atoms with Crippen molar-refractivity contribution in [2.75, 3.05) is 14.2 Å². The van der Waals surface area contributed by atoms with Crippen molar-refractivity contribution in [1.82, 2.24) is 9.38 Å². The Morgan fingerprint density at radius 2 is 1.63 bits per heavy atom. The SMILES string of the molecule is COC(=O)c1c(C(=O)OC)c2cc(-c3ccccc3)ncn2c1C(=O)c1cccs1. The lowest BCUT2D eigenvalue weighted by molar-refractivity contribution is 0.0556. The molecular weight excluding hydrogens is 404 g/mol. The van der Waals surface area contributed by atoms with E-state index in [0.717, 1.165) is 5.56 Å². The fraction of sp³-hybridized carbons (Fsp3) is 0.0909. The van der Waals surface area contributed by atoms with Crippen LogP contribution in [0, 0.1) is 0 Å². The number of fused-ring (bicyclic) bond motifs is 1. The van der Waals surface area contributed by atoms with E-state index in [4.69, 9.17) is 9.47 Å². The highest BCUT2D eigenvalue weighted by Gasteiger charge is 2.33. The van der Waals surface area contributed by atoms with Gasteiger partial charge >= 0.3 is 11.9 Å². The first kappa shape index (κ1) is 19.5. The summed E-state index contributed by atoms with van der Waals surface area (Å²) in [7, 11) is 2.41. The number of esters is 2. The second-order valence-electron chi connectivity index (χ2n) is 6.28. The van der Waals surface area contributed by atoms with Crippen LogP contribution in [0.5, 0.6) is 0 Å². The molecule has 0 spiro atoms. The molecule has 3 aromatic heterocycles. The van der Waals surface area contributed by atoms with Crippen LogP contribution >= 0.6 is 11.3 Å². The van der Waals surface area contributed by atoms with Crippen molar-refractivity contribution in [3.8, 4) is 11.3 Å². The third-order valence-corrected chi connectivity index (χ3v) is 5.51. The van der Waals surface area contributed by atoms with Gasteiger partial charge in [-0.25, -0.2) is 14.6 Å². The molecule has 0 aliphatic carbocycles. The molecule has 0 N–H and O–H groups in total. The number of hydrogen-bond acceptors (Lipinski definition) is 7. The van der Waals surface area contributed by atoms with Crippen LogP contribution in [0.25, 0.3) is 16.8 Å². The Kier molecular flexibility index (Phi) is 5.16. The summed E-state index contributed by atoms with van der Waals surface area (Å²) >= 11 is 1.23. The van der Waals surface area contributed by atoms with Crippen LogP contribution in [0.4, 0.5) is 0 Å². The zero-order valence-corrected chi connectivity index (χ0v) is 16.9. The summed E-state index contributed by atoms with van der Waals surface area (Å²) in [5.74, 6) is -1.96. The molecule has 30 heavy (non-hydrogen) atoms. The van der Waals surface area contributed by atoms with Gasteiger partial charge in [0.1, 0.15) is 23.1 Å². The van der Waals surface area contributed by atoms with Crippen LogP contribution in [0.1, 0.15) is 36.1 Å². The largest absolute Gasteiger partial charge is 0.465 e. The predicted octanol–water partition coefficient (Wildman–Crippen LogP) is 3.87. The molecule has 0 amide bonds. The van der Waals surface area contributed by atoms with Gasteiger partial charge in [0.2, 0.25) is 5.78 Å². The average Bonchev–Trinajstić information content (AvgIpc) is 3.44. The highest BCUT2D eigenvalue weighted by atomic mass is 32.1. The Balaban J connectivity index is 2.07. The fourth-order valence-corrected chi connectivity index (χ4v) is 3.94. The average molecular weight is 420 g/mol. The van der Waals surface area contributed by atoms with E-state index in [9.17, 15) is 14.4 Å². The maximum atomic E-state index is 13.2. The summed E-state index contributed by atoms with van der Waals surface area (Å²) < 4.78 is 11.3. The van der Waals surface area contributed by atoms with Gasteiger partial charge in [0.05, 0.1) is 30.3 Å². The molecule has 7 nitrogen and oxygen atoms in total. The van der Waals surface area contributed by atoms with Crippen molar-refractivity contribution in [2.45, 2.75) is 0 Å². The number of thiophene rings is 1. The number of ketones is 1. The Morgan fingerprint density at radius 3 is 2.27 bits per heavy atom. The molecule has 1 aromatic carbocycles. The van der Waals surface area contributed by atoms with Gasteiger partial charge in [-0.2, -0.15) is 0 Å². The molecule has 0 bridgehead atoms. The Labute approximate surface area is 175 Å². The number of aromatic nitrogens is 2. The van der Waals surface area contributed by atoms with Crippen molar-refractivity contribution >= 4 is 34.6 Å². The molecule has 4 rings (SSSR count). The van der Waals surface area contributed by atoms with Gasteiger partial charge in [0, 0.05) is 5.56 Å². The van der Waals surface area contributed by atoms with Crippen molar-refractivity contribution < 1.29 is 23.9 Å². The molecule has 0 saturated heterocycles. The van der Waals surface area contributed by atoms with Crippen molar-refractivity contribution in [3.63, 3.8) is 0 Å². The minimum atomic E-state index is -0.805. The third-order valence-electron chi connectivity index (χ3n) is 4.64. The topological polar surface area (TPSA) is 87.0 Å². The second-order valence-corrected chi connectivity index (χ2v) is 7.23. The lowest BCUT2D eigenvalue weighted by Crippen LogP contribution is -2.14. The fourth-order valence-electron chi connectivity index (χ4n) is 3.28. The number of ether oxygens (including phenoxy) is 2. The van der Waals surface area contributed by atoms with E-state index in [2.05, 4.69) is 4.98 Å². The van der Waals surface area contributed by atoms with Crippen molar-refractivity contribution in [2.24, 2.45) is 0 Å². The summed E-state index contributed by atoms with van der Waals surface area (Å²) in [6, 6.07) is 14.4. The molecule has 0 aliphatic rings. The number of hydrogen-bond donors (Lipinski definition) is 0. The van der Waals surface area contributed by atoms with Gasteiger partial charge in [-0.1, -0.05) is 36.4 Å². The van der Waals surface area contributed by atoms with Crippen molar-refractivity contribution in [3.05, 3.63) is 81.9 Å². The van der Waals surface area contributed by atoms with E-state index < -0.39 is 17.7 Å². The van der Waals surface area contributed by atoms with Crippen LogP contribution in [0.2, 0.25) is 0 Å². The number of methoxy groups -OCH3 is 2. The molecular formula is C22H16N2O5S. The van der Waals surface area contributed by atoms with Crippen LogP contribution in [-0.2, 0) is 9.47 Å². The van der Waals surface area contributed by atoms with Gasteiger partial charge in [0.15, 0.2) is 0 Å². The van der Waals surface area contributed by atoms with E-state index in [1.807, 2.05) is 30.3 Å². The number of nitrogens with zero attached hydrogens (tertiary/aromatic N) is 2. The normalized spacial score (nSPS) is 10.7. The van der Waals surface area contributed by atoms with Crippen LogP contribution in [0.3, 0.4) is 0 Å². The second kappa shape index (κ2) is 7.92. The monoisotopic (exact) mass is 420 g/mol. The zero-order chi connectivity index (χ0) is 21.3. The smallest absolute Gasteiger partial charge is 0.341 e. The maximum absolute atomic E-state index is 13.2. The highest BCUT2D eigenvalue weighted by molar-refractivity contribution is 7.12. The summed E-state index contributed by atoms with van der Waals surface area (Å²) in [5.41, 5.74) is 1.56. The first-order valence-corrected chi connectivity index (χ1v) is 9.79. The van der Waals surface area contributed by atoms with E-state index in [-0.39, 0.29) is 16.8 Å². The number of carbonyl (C=O) groups excluding carboxylic acids is 3. The van der Waals surface area contributed by atoms with Gasteiger partial charge in [-0.3, -0.25) is 9.20 Å². The summed E-state index contributed by atoms with van der Waals surface area (Å²) in [5, 5.41) is 1.76. The molecule has 0 radical (unpaired) electrons. The van der Waals surface area contributed by atoms with E-state index >= 15 is 0 Å². The van der Waals surface area contributed by atoms with E-state index in [1.165, 1.54) is 36.3 Å². The van der Waals surface area contributed by atoms with Gasteiger partial charge in [-0.05, 0) is 17.5 Å². The number of carbonyl (C=O) groups is 3. The predicted molar refractivity (Wildman–Crippen MR) is 111 cm³/mol. The van der Waals surface area contributed by atoms with Gasteiger partial charge < -0.3 is 9.47 Å². The Bertz CT molecular complexity index is 1260. The molecule has 8 heteroatoms. The summed E-state index contributed by atoms with van der Waals surface area (Å²) in [6.45, 7) is 0. The molecule has 4 aromatic rings. The zero-order valence-electron chi connectivity index (χ0n) is 16.1. The minimum Gasteiger partial charge on any atom is -0.465 e. The minimum absolute atomic E-state index is 0.00631. The molecule has 0 saturated carbocycles. The van der Waals surface area contributed by atoms with Crippen molar-refractivity contribution in [1.29, 1.82) is 0 Å². The highest BCUT2D eigenvalue weighted by Crippen LogP contribution is 2.30. The van der Waals surface area contributed by atoms with E-state index in [1.54, 1.807) is 23.6 Å². The Morgan fingerprint density at radius 1 is 0.933 bits per heavy atom. The van der Waals surface area contributed by atoms with E-state index in [0.29, 0.717) is 16.1 Å². The molecule has 0 atom stereocenters. The third kappa shape index (κ3) is 3.17. The molecule has 3 heterocycles. The van der Waals surface area contributed by atoms with Crippen LogP contribution in [0.15, 0.2) is 60.2 Å². The van der Waals surface area contributed by atoms with Crippen LogP contribution in [-0.4, -0.2) is 41.3 Å². The first-order chi connectivity index (χ1) is 14.6. The summed E-state index contributed by atoms with van der Waals surface area (Å²) in [6.07, 6.45) is 1.43. The number of benzene rings is 1. The van der Waals surface area contributed by atoms with Crippen LogP contribution < -0.4 is 0 Å². The molecule has 0 aliphatic heterocycles. The quantitative estimate of drug-likeness (QED) is 0.360. The number of rotatable bonds is 5.